The summed E-state index contributed by atoms with van der Waals surface area (Å²) in [6, 6.07) is 10.5. The van der Waals surface area contributed by atoms with Crippen molar-refractivity contribution in [1.29, 1.82) is 0 Å². The Morgan fingerprint density at radius 1 is 1.00 bits per heavy atom. The van der Waals surface area contributed by atoms with Gasteiger partial charge in [0.25, 0.3) is 0 Å². The standard InChI is InChI=1S/C18H27Br/c1-2-3-4-10-15-18(19)16-11-6-9-14-17-12-7-5-8-13-17/h5,7-9,12-14,18H,2-4,6,10-11,15-16H2,1H3. The van der Waals surface area contributed by atoms with Crippen molar-refractivity contribution in [2.45, 2.75) is 63.1 Å². The lowest BCUT2D eigenvalue weighted by molar-refractivity contribution is 0.593. The molecule has 0 N–H and O–H groups in total. The van der Waals surface area contributed by atoms with Crippen LogP contribution in [-0.2, 0) is 0 Å². The fourth-order valence-corrected chi connectivity index (χ4v) is 2.83. The number of allylic oxidation sites excluding steroid dienone is 1. The predicted molar refractivity (Wildman–Crippen MR) is 90.8 cm³/mol. The molecule has 1 aromatic carbocycles. The van der Waals surface area contributed by atoms with Crippen molar-refractivity contribution in [1.82, 2.24) is 0 Å². The molecular weight excluding hydrogens is 296 g/mol. The van der Waals surface area contributed by atoms with Crippen LogP contribution in [0.4, 0.5) is 0 Å². The maximum absolute atomic E-state index is 3.80. The molecule has 0 aliphatic heterocycles. The molecule has 106 valence electrons. The molecule has 1 heteroatoms. The van der Waals surface area contributed by atoms with Crippen LogP contribution in [0.15, 0.2) is 36.4 Å². The van der Waals surface area contributed by atoms with Gasteiger partial charge in [0.05, 0.1) is 0 Å². The molecule has 0 bridgehead atoms. The fourth-order valence-electron chi connectivity index (χ4n) is 2.18. The quantitative estimate of drug-likeness (QED) is 0.336. The van der Waals surface area contributed by atoms with Crippen LogP contribution in [0.25, 0.3) is 6.08 Å². The van der Waals surface area contributed by atoms with E-state index in [-0.39, 0.29) is 0 Å². The second-order valence-electron chi connectivity index (χ2n) is 5.19. The molecule has 1 rings (SSSR count). The van der Waals surface area contributed by atoms with Gasteiger partial charge < -0.3 is 0 Å². The van der Waals surface area contributed by atoms with Gasteiger partial charge >= 0.3 is 0 Å². The van der Waals surface area contributed by atoms with E-state index in [1.54, 1.807) is 0 Å². The summed E-state index contributed by atoms with van der Waals surface area (Å²) in [6.45, 7) is 2.27. The highest BCUT2D eigenvalue weighted by Crippen LogP contribution is 2.18. The third kappa shape index (κ3) is 9.04. The van der Waals surface area contributed by atoms with Crippen molar-refractivity contribution in [3.05, 3.63) is 42.0 Å². The zero-order valence-electron chi connectivity index (χ0n) is 12.2. The van der Waals surface area contributed by atoms with E-state index in [0.29, 0.717) is 0 Å². The minimum atomic E-state index is 0.717. The summed E-state index contributed by atoms with van der Waals surface area (Å²) >= 11 is 3.80. The number of unbranched alkanes of at least 4 members (excludes halogenated alkanes) is 4. The second-order valence-corrected chi connectivity index (χ2v) is 6.49. The number of halogens is 1. The lowest BCUT2D eigenvalue weighted by Gasteiger charge is -2.08. The highest BCUT2D eigenvalue weighted by Gasteiger charge is 2.02. The number of alkyl halides is 1. The van der Waals surface area contributed by atoms with Crippen LogP contribution in [0.2, 0.25) is 0 Å². The van der Waals surface area contributed by atoms with E-state index in [9.17, 15) is 0 Å². The molecule has 19 heavy (non-hydrogen) atoms. The van der Waals surface area contributed by atoms with Crippen molar-refractivity contribution in [2.24, 2.45) is 0 Å². The van der Waals surface area contributed by atoms with Crippen molar-refractivity contribution in [3.63, 3.8) is 0 Å². The van der Waals surface area contributed by atoms with Gasteiger partial charge in [0.1, 0.15) is 0 Å². The SMILES string of the molecule is CCCCCCC(Br)CCCC=Cc1ccccc1. The van der Waals surface area contributed by atoms with Crippen LogP contribution in [-0.4, -0.2) is 4.83 Å². The molecule has 1 aromatic rings. The third-order valence-corrected chi connectivity index (χ3v) is 4.28. The zero-order valence-corrected chi connectivity index (χ0v) is 13.7. The van der Waals surface area contributed by atoms with E-state index in [4.69, 9.17) is 0 Å². The largest absolute Gasteiger partial charge is 0.0891 e. The average molecular weight is 323 g/mol. The van der Waals surface area contributed by atoms with Gasteiger partial charge in [-0.2, -0.15) is 0 Å². The number of hydrogen-bond donors (Lipinski definition) is 0. The van der Waals surface area contributed by atoms with Crippen molar-refractivity contribution in [3.8, 4) is 0 Å². The predicted octanol–water partition coefficient (Wildman–Crippen LogP) is 6.60. The molecule has 0 aliphatic rings. The molecule has 0 spiro atoms. The lowest BCUT2D eigenvalue weighted by atomic mass is 10.1. The van der Waals surface area contributed by atoms with Gasteiger partial charge in [-0.15, -0.1) is 0 Å². The Kier molecular flexibility index (Phi) is 9.79. The maximum Gasteiger partial charge on any atom is 0.0145 e. The number of rotatable bonds is 10. The first-order valence-electron chi connectivity index (χ1n) is 7.68. The van der Waals surface area contributed by atoms with Gasteiger partial charge in [0, 0.05) is 4.83 Å². The van der Waals surface area contributed by atoms with Crippen LogP contribution in [0.5, 0.6) is 0 Å². The summed E-state index contributed by atoms with van der Waals surface area (Å²) in [7, 11) is 0. The molecular formula is C18H27Br. The normalized spacial score (nSPS) is 12.9. The highest BCUT2D eigenvalue weighted by molar-refractivity contribution is 9.09. The Bertz CT molecular complexity index is 329. The third-order valence-electron chi connectivity index (χ3n) is 3.37. The molecule has 0 heterocycles. The Morgan fingerprint density at radius 2 is 1.74 bits per heavy atom. The van der Waals surface area contributed by atoms with Crippen molar-refractivity contribution in [2.75, 3.05) is 0 Å². The Morgan fingerprint density at radius 3 is 2.47 bits per heavy atom. The Balaban J connectivity index is 2.02. The molecule has 0 amide bonds. The van der Waals surface area contributed by atoms with Crippen LogP contribution >= 0.6 is 15.9 Å². The molecule has 1 atom stereocenters. The number of benzene rings is 1. The van der Waals surface area contributed by atoms with Gasteiger partial charge in [-0.1, -0.05) is 91.0 Å². The number of hydrogen-bond acceptors (Lipinski definition) is 0. The molecule has 0 radical (unpaired) electrons. The van der Waals surface area contributed by atoms with Crippen LogP contribution in [0.1, 0.15) is 63.9 Å². The first kappa shape index (κ1) is 16.5. The van der Waals surface area contributed by atoms with Gasteiger partial charge in [-0.25, -0.2) is 0 Å². The first-order valence-corrected chi connectivity index (χ1v) is 8.60. The van der Waals surface area contributed by atoms with Crippen LogP contribution < -0.4 is 0 Å². The molecule has 0 saturated carbocycles. The first-order chi connectivity index (χ1) is 9.33. The smallest absolute Gasteiger partial charge is 0.0145 e. The van der Waals surface area contributed by atoms with E-state index < -0.39 is 0 Å². The highest BCUT2D eigenvalue weighted by atomic mass is 79.9. The summed E-state index contributed by atoms with van der Waals surface area (Å²) in [5.41, 5.74) is 1.30. The van der Waals surface area contributed by atoms with E-state index in [2.05, 4.69) is 65.3 Å². The minimum Gasteiger partial charge on any atom is -0.0891 e. The van der Waals surface area contributed by atoms with Gasteiger partial charge in [-0.3, -0.25) is 0 Å². The summed E-state index contributed by atoms with van der Waals surface area (Å²) in [5.74, 6) is 0. The molecule has 0 aliphatic carbocycles. The molecule has 0 aromatic heterocycles. The average Bonchev–Trinajstić information content (AvgIpc) is 2.44. The lowest BCUT2D eigenvalue weighted by Crippen LogP contribution is -1.97. The Labute approximate surface area is 127 Å². The summed E-state index contributed by atoms with van der Waals surface area (Å²) in [6.07, 6.45) is 15.1. The molecule has 0 nitrogen and oxygen atoms in total. The van der Waals surface area contributed by atoms with E-state index >= 15 is 0 Å². The van der Waals surface area contributed by atoms with Gasteiger partial charge in [0.2, 0.25) is 0 Å². The van der Waals surface area contributed by atoms with Crippen LogP contribution in [0, 0.1) is 0 Å². The summed E-state index contributed by atoms with van der Waals surface area (Å²) in [4.78, 5) is 0.717. The monoisotopic (exact) mass is 322 g/mol. The van der Waals surface area contributed by atoms with Gasteiger partial charge in [0.15, 0.2) is 0 Å². The molecule has 1 unspecified atom stereocenters. The van der Waals surface area contributed by atoms with Crippen molar-refractivity contribution >= 4 is 22.0 Å². The topological polar surface area (TPSA) is 0 Å². The van der Waals surface area contributed by atoms with Crippen molar-refractivity contribution < 1.29 is 0 Å². The zero-order chi connectivity index (χ0) is 13.8. The molecule has 0 fully saturated rings. The summed E-state index contributed by atoms with van der Waals surface area (Å²) < 4.78 is 0. The Hall–Kier alpha value is -0.560. The molecule has 0 saturated heterocycles. The maximum atomic E-state index is 3.80. The van der Waals surface area contributed by atoms with E-state index in [1.807, 2.05) is 0 Å². The minimum absolute atomic E-state index is 0.717. The van der Waals surface area contributed by atoms with E-state index in [0.717, 1.165) is 4.83 Å². The summed E-state index contributed by atoms with van der Waals surface area (Å²) in [5, 5.41) is 0. The van der Waals surface area contributed by atoms with E-state index in [1.165, 1.54) is 56.9 Å². The second kappa shape index (κ2) is 11.3. The van der Waals surface area contributed by atoms with Gasteiger partial charge in [-0.05, 0) is 31.2 Å². The van der Waals surface area contributed by atoms with Crippen LogP contribution in [0.3, 0.4) is 0 Å². The fraction of sp³-hybridized carbons (Fsp3) is 0.556.